The normalized spacial score (nSPS) is 27.7. The van der Waals surface area contributed by atoms with Gasteiger partial charge in [-0.25, -0.2) is 0 Å². The van der Waals surface area contributed by atoms with Crippen molar-refractivity contribution in [2.45, 2.75) is 12.8 Å². The summed E-state index contributed by atoms with van der Waals surface area (Å²) in [6.07, 6.45) is 2.52. The number of carbonyl (C=O) groups excluding carboxylic acids is 1. The van der Waals surface area contributed by atoms with Crippen LogP contribution < -0.4 is 10.1 Å². The van der Waals surface area contributed by atoms with Crippen molar-refractivity contribution in [2.24, 2.45) is 17.8 Å². The van der Waals surface area contributed by atoms with Crippen LogP contribution in [0.3, 0.4) is 0 Å². The summed E-state index contributed by atoms with van der Waals surface area (Å²) in [5, 5.41) is 3.41. The van der Waals surface area contributed by atoms with E-state index in [9.17, 15) is 4.79 Å². The van der Waals surface area contributed by atoms with Crippen molar-refractivity contribution in [3.05, 3.63) is 29.8 Å². The lowest BCUT2D eigenvalue weighted by Crippen LogP contribution is -2.32. The molecule has 1 saturated carbocycles. The molecular weight excluding hydrogens is 264 g/mol. The van der Waals surface area contributed by atoms with Crippen LogP contribution in [0.1, 0.15) is 23.2 Å². The predicted octanol–water partition coefficient (Wildman–Crippen LogP) is 1.77. The van der Waals surface area contributed by atoms with Gasteiger partial charge >= 0.3 is 0 Å². The first-order valence-electron chi connectivity index (χ1n) is 8.03. The SMILES string of the molecule is O=C(c1ccccc1OCC1CC1)N1C[C@H]2CNC[C@H]2C1. The van der Waals surface area contributed by atoms with Gasteiger partial charge in [-0.3, -0.25) is 4.79 Å². The largest absolute Gasteiger partial charge is 0.492 e. The van der Waals surface area contributed by atoms with Crippen LogP contribution in [0.15, 0.2) is 24.3 Å². The molecule has 1 aromatic carbocycles. The minimum Gasteiger partial charge on any atom is -0.492 e. The molecule has 4 nitrogen and oxygen atoms in total. The van der Waals surface area contributed by atoms with Crippen molar-refractivity contribution < 1.29 is 9.53 Å². The van der Waals surface area contributed by atoms with Crippen LogP contribution in [0, 0.1) is 17.8 Å². The highest BCUT2D eigenvalue weighted by molar-refractivity contribution is 5.97. The van der Waals surface area contributed by atoms with Gasteiger partial charge in [-0.2, -0.15) is 0 Å². The Kier molecular flexibility index (Phi) is 3.34. The van der Waals surface area contributed by atoms with E-state index in [1.54, 1.807) is 0 Å². The van der Waals surface area contributed by atoms with E-state index < -0.39 is 0 Å². The van der Waals surface area contributed by atoms with Gasteiger partial charge in [0.05, 0.1) is 12.2 Å². The maximum absolute atomic E-state index is 12.8. The molecule has 2 atom stereocenters. The summed E-state index contributed by atoms with van der Waals surface area (Å²) in [4.78, 5) is 14.8. The molecule has 1 amide bonds. The first-order chi connectivity index (χ1) is 10.3. The zero-order valence-corrected chi connectivity index (χ0v) is 12.3. The highest BCUT2D eigenvalue weighted by atomic mass is 16.5. The van der Waals surface area contributed by atoms with Crippen LogP contribution in [0.2, 0.25) is 0 Å². The number of fused-ring (bicyclic) bond motifs is 1. The van der Waals surface area contributed by atoms with Crippen LogP contribution >= 0.6 is 0 Å². The number of ether oxygens (including phenoxy) is 1. The van der Waals surface area contributed by atoms with Gasteiger partial charge in [-0.15, -0.1) is 0 Å². The average molecular weight is 286 g/mol. The summed E-state index contributed by atoms with van der Waals surface area (Å²) < 4.78 is 5.88. The monoisotopic (exact) mass is 286 g/mol. The summed E-state index contributed by atoms with van der Waals surface area (Å²) in [6, 6.07) is 7.70. The second kappa shape index (κ2) is 5.34. The fourth-order valence-corrected chi connectivity index (χ4v) is 3.45. The summed E-state index contributed by atoms with van der Waals surface area (Å²) in [7, 11) is 0. The Labute approximate surface area is 125 Å². The predicted molar refractivity (Wildman–Crippen MR) is 80.4 cm³/mol. The molecule has 4 rings (SSSR count). The van der Waals surface area contributed by atoms with Gasteiger partial charge in [0.1, 0.15) is 5.75 Å². The number of hydrogen-bond acceptors (Lipinski definition) is 3. The number of rotatable bonds is 4. The first-order valence-corrected chi connectivity index (χ1v) is 8.03. The van der Waals surface area contributed by atoms with Crippen LogP contribution in [0.4, 0.5) is 0 Å². The third kappa shape index (κ3) is 2.64. The van der Waals surface area contributed by atoms with Gasteiger partial charge in [0, 0.05) is 26.2 Å². The molecule has 0 unspecified atom stereocenters. The van der Waals surface area contributed by atoms with Crippen molar-refractivity contribution in [1.29, 1.82) is 0 Å². The number of carbonyl (C=O) groups is 1. The zero-order chi connectivity index (χ0) is 14.2. The quantitative estimate of drug-likeness (QED) is 0.917. The standard InChI is InChI=1S/C17H22N2O2/c20-17(19-9-13-7-18-8-14(13)10-19)15-3-1-2-4-16(15)21-11-12-5-6-12/h1-4,12-14,18H,5-11H2/t13-,14+. The second-order valence-electron chi connectivity index (χ2n) is 6.64. The van der Waals surface area contributed by atoms with Crippen LogP contribution in [0.5, 0.6) is 5.75 Å². The molecule has 1 N–H and O–H groups in total. The molecule has 1 aromatic rings. The fourth-order valence-electron chi connectivity index (χ4n) is 3.45. The fraction of sp³-hybridized carbons (Fsp3) is 0.588. The smallest absolute Gasteiger partial charge is 0.257 e. The molecule has 3 aliphatic rings. The third-order valence-electron chi connectivity index (χ3n) is 4.97. The summed E-state index contributed by atoms with van der Waals surface area (Å²) in [5.41, 5.74) is 0.728. The van der Waals surface area contributed by atoms with E-state index in [2.05, 4.69) is 5.32 Å². The van der Waals surface area contributed by atoms with Gasteiger partial charge in [0.25, 0.3) is 5.91 Å². The molecule has 0 radical (unpaired) electrons. The average Bonchev–Trinajstić information content (AvgIpc) is 3.08. The topological polar surface area (TPSA) is 41.6 Å². The number of benzene rings is 1. The molecule has 3 fully saturated rings. The van der Waals surface area contributed by atoms with E-state index in [4.69, 9.17) is 4.74 Å². The summed E-state index contributed by atoms with van der Waals surface area (Å²) in [5.74, 6) is 2.85. The van der Waals surface area contributed by atoms with E-state index in [0.717, 1.165) is 44.1 Å². The maximum atomic E-state index is 12.8. The van der Waals surface area contributed by atoms with Crippen molar-refractivity contribution in [3.63, 3.8) is 0 Å². The molecule has 2 heterocycles. The van der Waals surface area contributed by atoms with Crippen molar-refractivity contribution >= 4 is 5.91 Å². The second-order valence-corrected chi connectivity index (χ2v) is 6.64. The number of nitrogens with zero attached hydrogens (tertiary/aromatic N) is 1. The van der Waals surface area contributed by atoms with E-state index in [0.29, 0.717) is 17.8 Å². The Bertz CT molecular complexity index is 529. The highest BCUT2D eigenvalue weighted by Gasteiger charge is 2.38. The maximum Gasteiger partial charge on any atom is 0.257 e. The lowest BCUT2D eigenvalue weighted by atomic mass is 10.0. The zero-order valence-electron chi connectivity index (χ0n) is 12.3. The molecule has 2 aliphatic heterocycles. The molecular formula is C17H22N2O2. The van der Waals surface area contributed by atoms with Gasteiger partial charge in [0.2, 0.25) is 0 Å². The summed E-state index contributed by atoms with van der Waals surface area (Å²) in [6.45, 7) is 4.61. The summed E-state index contributed by atoms with van der Waals surface area (Å²) >= 11 is 0. The third-order valence-corrected chi connectivity index (χ3v) is 4.97. The minimum atomic E-state index is 0.135. The molecule has 2 saturated heterocycles. The number of hydrogen-bond donors (Lipinski definition) is 1. The Morgan fingerprint density at radius 2 is 1.90 bits per heavy atom. The van der Waals surface area contributed by atoms with Crippen LogP contribution in [0.25, 0.3) is 0 Å². The van der Waals surface area contributed by atoms with Crippen LogP contribution in [-0.2, 0) is 0 Å². The molecule has 112 valence electrons. The van der Waals surface area contributed by atoms with E-state index in [1.165, 1.54) is 12.8 Å². The van der Waals surface area contributed by atoms with Gasteiger partial charge in [-0.05, 0) is 42.7 Å². The number of likely N-dealkylation sites (tertiary alicyclic amines) is 1. The van der Waals surface area contributed by atoms with Gasteiger partial charge < -0.3 is 15.0 Å². The van der Waals surface area contributed by atoms with Crippen LogP contribution in [-0.4, -0.2) is 43.6 Å². The van der Waals surface area contributed by atoms with E-state index >= 15 is 0 Å². The Morgan fingerprint density at radius 3 is 2.62 bits per heavy atom. The van der Waals surface area contributed by atoms with Gasteiger partial charge in [0.15, 0.2) is 0 Å². The Morgan fingerprint density at radius 1 is 1.19 bits per heavy atom. The van der Waals surface area contributed by atoms with Gasteiger partial charge in [-0.1, -0.05) is 12.1 Å². The molecule has 21 heavy (non-hydrogen) atoms. The molecule has 0 spiro atoms. The molecule has 4 heteroatoms. The van der Waals surface area contributed by atoms with E-state index in [-0.39, 0.29) is 5.91 Å². The van der Waals surface area contributed by atoms with Crippen molar-refractivity contribution in [2.75, 3.05) is 32.8 Å². The molecule has 0 bridgehead atoms. The van der Waals surface area contributed by atoms with E-state index in [1.807, 2.05) is 29.2 Å². The minimum absolute atomic E-state index is 0.135. The van der Waals surface area contributed by atoms with Crippen molar-refractivity contribution in [3.8, 4) is 5.75 Å². The molecule has 1 aliphatic carbocycles. The lowest BCUT2D eigenvalue weighted by Gasteiger charge is -2.19. The number of para-hydroxylation sites is 1. The Hall–Kier alpha value is -1.55. The Balaban J connectivity index is 1.48. The number of amides is 1. The first kappa shape index (κ1) is 13.1. The molecule has 0 aromatic heterocycles. The highest BCUT2D eigenvalue weighted by Crippen LogP contribution is 2.32. The lowest BCUT2D eigenvalue weighted by molar-refractivity contribution is 0.0777. The van der Waals surface area contributed by atoms with Crippen molar-refractivity contribution in [1.82, 2.24) is 10.2 Å². The number of nitrogens with one attached hydrogen (secondary N) is 1.